The number of hydrogen-bond acceptors (Lipinski definition) is 4. The third-order valence-corrected chi connectivity index (χ3v) is 5.20. The second-order valence-corrected chi connectivity index (χ2v) is 8.10. The van der Waals surface area contributed by atoms with E-state index in [2.05, 4.69) is 0 Å². The predicted molar refractivity (Wildman–Crippen MR) is 117 cm³/mol. The highest BCUT2D eigenvalue weighted by Crippen LogP contribution is 2.40. The maximum absolute atomic E-state index is 14.7. The molecule has 1 aliphatic rings. The highest BCUT2D eigenvalue weighted by atomic mass is 19.1. The van der Waals surface area contributed by atoms with Crippen LogP contribution in [0.1, 0.15) is 50.8 Å². The number of nitrogens with zero attached hydrogens (tertiary/aromatic N) is 1. The number of carbonyl (C=O) groups is 2. The van der Waals surface area contributed by atoms with Gasteiger partial charge in [-0.25, -0.2) is 4.39 Å². The van der Waals surface area contributed by atoms with E-state index in [1.54, 1.807) is 42.5 Å². The first-order valence-corrected chi connectivity index (χ1v) is 10.6. The molecule has 0 unspecified atom stereocenters. The molecule has 164 valence electrons. The van der Waals surface area contributed by atoms with Crippen LogP contribution in [0.2, 0.25) is 0 Å². The summed E-state index contributed by atoms with van der Waals surface area (Å²) >= 11 is 0. The Bertz CT molecular complexity index is 981. The summed E-state index contributed by atoms with van der Waals surface area (Å²) < 4.78 is 20.3. The number of likely N-dealkylation sites (tertiary alicyclic amines) is 1. The molecule has 31 heavy (non-hydrogen) atoms. The van der Waals surface area contributed by atoms with Gasteiger partial charge < -0.3 is 14.7 Å². The van der Waals surface area contributed by atoms with Gasteiger partial charge in [-0.2, -0.15) is 0 Å². The first kappa shape index (κ1) is 22.5. The second-order valence-electron chi connectivity index (χ2n) is 8.10. The number of carbonyl (C=O) groups excluding carboxylic acids is 2. The molecular formula is C25H28FNO4. The van der Waals surface area contributed by atoms with Gasteiger partial charge in [0, 0.05) is 17.7 Å². The van der Waals surface area contributed by atoms with E-state index in [0.29, 0.717) is 36.8 Å². The Morgan fingerprint density at radius 3 is 2.42 bits per heavy atom. The minimum atomic E-state index is -0.968. The van der Waals surface area contributed by atoms with Crippen LogP contribution in [0.15, 0.2) is 54.1 Å². The Morgan fingerprint density at radius 1 is 1.13 bits per heavy atom. The molecule has 1 amide bonds. The highest BCUT2D eigenvalue weighted by Gasteiger charge is 2.46. The number of rotatable bonds is 8. The monoisotopic (exact) mass is 425 g/mol. The van der Waals surface area contributed by atoms with Crippen molar-refractivity contribution < 1.29 is 23.8 Å². The minimum absolute atomic E-state index is 0.0953. The number of ether oxygens (including phenoxy) is 1. The van der Waals surface area contributed by atoms with Gasteiger partial charge in [-0.05, 0) is 42.7 Å². The van der Waals surface area contributed by atoms with Crippen LogP contribution in [-0.2, 0) is 9.59 Å². The molecule has 0 bridgehead atoms. The third kappa shape index (κ3) is 4.79. The van der Waals surface area contributed by atoms with E-state index in [1.165, 1.54) is 11.0 Å². The molecule has 1 saturated heterocycles. The van der Waals surface area contributed by atoms with Gasteiger partial charge in [-0.15, -0.1) is 0 Å². The Hall–Kier alpha value is -3.15. The summed E-state index contributed by atoms with van der Waals surface area (Å²) in [6.45, 7) is 6.92. The molecule has 2 aromatic carbocycles. The molecular weight excluding hydrogens is 397 g/mol. The van der Waals surface area contributed by atoms with Crippen LogP contribution in [0.4, 0.5) is 4.39 Å². The van der Waals surface area contributed by atoms with Crippen LogP contribution in [-0.4, -0.2) is 34.8 Å². The number of Topliss-reactive ketones (excluding diaryl/α,β-unsaturated/α-hetero) is 1. The zero-order valence-corrected chi connectivity index (χ0v) is 18.1. The lowest BCUT2D eigenvalue weighted by atomic mass is 9.95. The Morgan fingerprint density at radius 2 is 1.81 bits per heavy atom. The normalized spacial score (nSPS) is 18.1. The number of halogens is 1. The number of unbranched alkanes of at least 4 members (excludes halogenated alkanes) is 1. The Balaban J connectivity index is 2.04. The molecule has 6 heteroatoms. The fourth-order valence-electron chi connectivity index (χ4n) is 3.59. The summed E-state index contributed by atoms with van der Waals surface area (Å²) in [6, 6.07) is 11.7. The van der Waals surface area contributed by atoms with Crippen molar-refractivity contribution in [1.29, 1.82) is 0 Å². The van der Waals surface area contributed by atoms with Gasteiger partial charge in [-0.1, -0.05) is 45.4 Å². The zero-order valence-electron chi connectivity index (χ0n) is 18.1. The third-order valence-electron chi connectivity index (χ3n) is 5.20. The summed E-state index contributed by atoms with van der Waals surface area (Å²) in [5, 5.41) is 11.0. The van der Waals surface area contributed by atoms with E-state index < -0.39 is 23.5 Å². The molecule has 5 nitrogen and oxygen atoms in total. The summed E-state index contributed by atoms with van der Waals surface area (Å²) in [4.78, 5) is 27.0. The highest BCUT2D eigenvalue weighted by molar-refractivity contribution is 6.46. The van der Waals surface area contributed by atoms with E-state index in [4.69, 9.17) is 4.74 Å². The van der Waals surface area contributed by atoms with Crippen LogP contribution in [0.25, 0.3) is 5.76 Å². The van der Waals surface area contributed by atoms with Crippen LogP contribution in [0.3, 0.4) is 0 Å². The molecule has 0 aliphatic carbocycles. The molecule has 1 fully saturated rings. The van der Waals surface area contributed by atoms with Crippen molar-refractivity contribution in [2.75, 3.05) is 13.2 Å². The van der Waals surface area contributed by atoms with Crippen molar-refractivity contribution in [2.24, 2.45) is 5.92 Å². The topological polar surface area (TPSA) is 66.8 Å². The van der Waals surface area contributed by atoms with E-state index >= 15 is 0 Å². The van der Waals surface area contributed by atoms with Crippen LogP contribution >= 0.6 is 0 Å². The first-order valence-electron chi connectivity index (χ1n) is 10.6. The molecule has 0 saturated carbocycles. The lowest BCUT2D eigenvalue weighted by Gasteiger charge is -2.25. The van der Waals surface area contributed by atoms with Crippen LogP contribution in [0.5, 0.6) is 5.75 Å². The van der Waals surface area contributed by atoms with Gasteiger partial charge in [0.05, 0.1) is 18.2 Å². The summed E-state index contributed by atoms with van der Waals surface area (Å²) in [7, 11) is 0. The van der Waals surface area contributed by atoms with E-state index in [1.807, 2.05) is 20.8 Å². The lowest BCUT2D eigenvalue weighted by Crippen LogP contribution is -2.31. The molecule has 2 aromatic rings. The molecule has 0 spiro atoms. The average Bonchev–Trinajstić information content (AvgIpc) is 3.01. The van der Waals surface area contributed by atoms with Gasteiger partial charge in [0.25, 0.3) is 11.7 Å². The molecule has 0 radical (unpaired) electrons. The predicted octanol–water partition coefficient (Wildman–Crippen LogP) is 5.08. The molecule has 1 aliphatic heterocycles. The fourth-order valence-corrected chi connectivity index (χ4v) is 3.59. The standard InChI is InChI=1S/C25H28FNO4/c1-4-5-14-27-22(19-8-6-7-9-20(19)26)21(24(29)25(27)30)23(28)17-10-12-18(13-11-17)31-15-16(2)3/h6-13,16,22,28H,4-5,14-15H2,1-3H3/t22-/m0/s1. The van der Waals surface area contributed by atoms with Crippen molar-refractivity contribution in [3.63, 3.8) is 0 Å². The summed E-state index contributed by atoms with van der Waals surface area (Å²) in [5.74, 6) is -1.37. The fraction of sp³-hybridized carbons (Fsp3) is 0.360. The van der Waals surface area contributed by atoms with Gasteiger partial charge >= 0.3 is 0 Å². The second kappa shape index (κ2) is 9.77. The largest absolute Gasteiger partial charge is 0.507 e. The molecule has 3 rings (SSSR count). The van der Waals surface area contributed by atoms with Crippen molar-refractivity contribution in [3.05, 3.63) is 71.0 Å². The number of aliphatic hydroxyl groups is 1. The lowest BCUT2D eigenvalue weighted by molar-refractivity contribution is -0.139. The summed E-state index contributed by atoms with van der Waals surface area (Å²) in [5.41, 5.74) is 0.463. The van der Waals surface area contributed by atoms with Gasteiger partial charge in [-0.3, -0.25) is 9.59 Å². The quantitative estimate of drug-likeness (QED) is 0.364. The molecule has 1 heterocycles. The maximum Gasteiger partial charge on any atom is 0.295 e. The van der Waals surface area contributed by atoms with Gasteiger partial charge in [0.2, 0.25) is 0 Å². The SMILES string of the molecule is CCCCN1C(=O)C(=O)C(=C(O)c2ccc(OCC(C)C)cc2)[C@@H]1c1ccccc1F. The summed E-state index contributed by atoms with van der Waals surface area (Å²) in [6.07, 6.45) is 1.48. The molecule has 0 aromatic heterocycles. The van der Waals surface area contributed by atoms with E-state index in [-0.39, 0.29) is 16.9 Å². The number of hydrogen-bond donors (Lipinski definition) is 1. The van der Waals surface area contributed by atoms with Crippen molar-refractivity contribution in [2.45, 2.75) is 39.7 Å². The number of benzene rings is 2. The zero-order chi connectivity index (χ0) is 22.5. The Kier molecular flexibility index (Phi) is 7.10. The minimum Gasteiger partial charge on any atom is -0.507 e. The van der Waals surface area contributed by atoms with Crippen LogP contribution < -0.4 is 4.74 Å². The average molecular weight is 426 g/mol. The van der Waals surface area contributed by atoms with Crippen molar-refractivity contribution in [3.8, 4) is 5.75 Å². The number of ketones is 1. The smallest absolute Gasteiger partial charge is 0.295 e. The van der Waals surface area contributed by atoms with Gasteiger partial charge in [0.15, 0.2) is 0 Å². The van der Waals surface area contributed by atoms with Gasteiger partial charge in [0.1, 0.15) is 17.3 Å². The van der Waals surface area contributed by atoms with Crippen molar-refractivity contribution >= 4 is 17.4 Å². The van der Waals surface area contributed by atoms with E-state index in [0.717, 1.165) is 6.42 Å². The first-order chi connectivity index (χ1) is 14.8. The maximum atomic E-state index is 14.7. The number of aliphatic hydroxyl groups excluding tert-OH is 1. The molecule has 1 atom stereocenters. The Labute approximate surface area is 182 Å². The van der Waals surface area contributed by atoms with E-state index in [9.17, 15) is 19.1 Å². The molecule has 1 N–H and O–H groups in total. The van der Waals surface area contributed by atoms with Crippen LogP contribution in [0, 0.1) is 11.7 Å². The number of amides is 1. The van der Waals surface area contributed by atoms with Crippen molar-refractivity contribution in [1.82, 2.24) is 4.90 Å².